The highest BCUT2D eigenvalue weighted by molar-refractivity contribution is 8.00. The maximum atomic E-state index is 13.2. The van der Waals surface area contributed by atoms with Gasteiger partial charge in [-0.3, -0.25) is 14.2 Å². The van der Waals surface area contributed by atoms with Gasteiger partial charge < -0.3 is 5.32 Å². The minimum Gasteiger partial charge on any atom is -0.324 e. The molecular formula is C26H25ClN2O2S2. The number of aromatic nitrogens is 1. The first-order chi connectivity index (χ1) is 16.0. The van der Waals surface area contributed by atoms with Gasteiger partial charge in [0.25, 0.3) is 0 Å². The van der Waals surface area contributed by atoms with Crippen molar-refractivity contribution < 1.29 is 4.79 Å². The molecule has 0 saturated heterocycles. The van der Waals surface area contributed by atoms with Crippen LogP contribution < -0.4 is 10.2 Å². The Morgan fingerprint density at radius 2 is 1.88 bits per heavy atom. The Hall–Kier alpha value is -2.02. The standard InChI is InChI=1S/C26H25ClN2O2S2/c1-14-4-2-3-5-19(14)28-20(30)13-29-25-24(33-26(29)31)21(15-8-10-18(27)11-9-15)22-16-6-7-17(12-16)23(22)32-25/h2-5,8-11,16-17,21-23H,6-7,12-13H2,1H3,(H,28,30)/t16-,17-,21-,22+,23+/m0/s1. The topological polar surface area (TPSA) is 51.1 Å². The number of hydrogen-bond acceptors (Lipinski definition) is 4. The molecule has 1 aromatic heterocycles. The molecule has 2 fully saturated rings. The molecule has 6 rings (SSSR count). The first-order valence-corrected chi connectivity index (χ1v) is 13.6. The number of amides is 1. The van der Waals surface area contributed by atoms with Gasteiger partial charge >= 0.3 is 4.87 Å². The lowest BCUT2D eigenvalue weighted by Crippen LogP contribution is -2.34. The third-order valence-electron chi connectivity index (χ3n) is 7.64. The largest absolute Gasteiger partial charge is 0.324 e. The fourth-order valence-corrected chi connectivity index (χ4v) is 9.45. The number of aryl methyl sites for hydroxylation is 1. The van der Waals surface area contributed by atoms with Crippen molar-refractivity contribution in [3.63, 3.8) is 0 Å². The van der Waals surface area contributed by atoms with E-state index in [1.54, 1.807) is 4.57 Å². The third-order valence-corrected chi connectivity index (χ3v) is 10.7. The number of para-hydroxylation sites is 1. The number of carbonyl (C=O) groups is 1. The maximum absolute atomic E-state index is 13.2. The number of thioether (sulfide) groups is 1. The van der Waals surface area contributed by atoms with E-state index in [4.69, 9.17) is 11.6 Å². The lowest BCUT2D eigenvalue weighted by Gasteiger charge is -2.40. The molecule has 0 radical (unpaired) electrons. The zero-order valence-electron chi connectivity index (χ0n) is 18.3. The van der Waals surface area contributed by atoms with E-state index in [0.29, 0.717) is 17.1 Å². The quantitative estimate of drug-likeness (QED) is 0.470. The zero-order chi connectivity index (χ0) is 22.7. The molecule has 170 valence electrons. The molecule has 2 bridgehead atoms. The second-order valence-corrected chi connectivity index (χ2v) is 12.1. The number of nitrogens with one attached hydrogen (secondary N) is 1. The summed E-state index contributed by atoms with van der Waals surface area (Å²) in [5, 5.41) is 5.23. The van der Waals surface area contributed by atoms with E-state index < -0.39 is 0 Å². The van der Waals surface area contributed by atoms with Gasteiger partial charge in [0.1, 0.15) is 6.54 Å². The fourth-order valence-electron chi connectivity index (χ4n) is 6.18. The summed E-state index contributed by atoms with van der Waals surface area (Å²) in [6.45, 7) is 2.01. The molecular weight excluding hydrogens is 472 g/mol. The minimum atomic E-state index is -0.161. The highest BCUT2D eigenvalue weighted by atomic mass is 35.5. The summed E-state index contributed by atoms with van der Waals surface area (Å²) in [4.78, 5) is 27.2. The molecule has 2 saturated carbocycles. The molecule has 2 heterocycles. The van der Waals surface area contributed by atoms with Crippen LogP contribution in [0.15, 0.2) is 58.4 Å². The molecule has 1 N–H and O–H groups in total. The Morgan fingerprint density at radius 1 is 1.12 bits per heavy atom. The Kier molecular flexibility index (Phi) is 5.43. The molecule has 3 aliphatic rings. The van der Waals surface area contributed by atoms with Gasteiger partial charge in [-0.05, 0) is 73.3 Å². The fraction of sp³-hybridized carbons (Fsp3) is 0.385. The van der Waals surface area contributed by atoms with Crippen LogP contribution in [-0.4, -0.2) is 15.7 Å². The number of carbonyl (C=O) groups excluding carboxylic acids is 1. The molecule has 3 aromatic rings. The molecule has 4 nitrogen and oxygen atoms in total. The molecule has 1 amide bonds. The maximum Gasteiger partial charge on any atom is 0.308 e. The monoisotopic (exact) mass is 496 g/mol. The number of nitrogens with zero attached hydrogens (tertiary/aromatic N) is 1. The smallest absolute Gasteiger partial charge is 0.308 e. The molecule has 0 unspecified atom stereocenters. The third kappa shape index (κ3) is 3.67. The van der Waals surface area contributed by atoms with E-state index >= 15 is 0 Å². The highest BCUT2D eigenvalue weighted by Crippen LogP contribution is 2.64. The van der Waals surface area contributed by atoms with Crippen molar-refractivity contribution >= 4 is 46.3 Å². The summed E-state index contributed by atoms with van der Waals surface area (Å²) in [5.74, 6) is 2.02. The Bertz CT molecular complexity index is 1280. The average molecular weight is 497 g/mol. The first kappa shape index (κ1) is 21.5. The van der Waals surface area contributed by atoms with Gasteiger partial charge in [0, 0.05) is 26.8 Å². The number of benzene rings is 2. The highest BCUT2D eigenvalue weighted by Gasteiger charge is 2.55. The summed E-state index contributed by atoms with van der Waals surface area (Å²) < 4.78 is 1.71. The predicted molar refractivity (Wildman–Crippen MR) is 136 cm³/mol. The summed E-state index contributed by atoms with van der Waals surface area (Å²) in [7, 11) is 0. The van der Waals surface area contributed by atoms with Crippen molar-refractivity contribution in [2.24, 2.45) is 17.8 Å². The van der Waals surface area contributed by atoms with Crippen molar-refractivity contribution in [1.29, 1.82) is 0 Å². The number of hydrogen-bond donors (Lipinski definition) is 1. The minimum absolute atomic E-state index is 0.0429. The van der Waals surface area contributed by atoms with Crippen molar-refractivity contribution in [2.45, 2.75) is 48.9 Å². The van der Waals surface area contributed by atoms with E-state index in [9.17, 15) is 9.59 Å². The van der Waals surface area contributed by atoms with Gasteiger partial charge in [-0.15, -0.1) is 11.8 Å². The van der Waals surface area contributed by atoms with Crippen LogP contribution in [0, 0.1) is 24.7 Å². The number of thiazole rings is 1. The van der Waals surface area contributed by atoms with Crippen LogP contribution in [-0.2, 0) is 11.3 Å². The van der Waals surface area contributed by atoms with Gasteiger partial charge in [-0.25, -0.2) is 0 Å². The second-order valence-electron chi connectivity index (χ2n) is 9.51. The molecule has 33 heavy (non-hydrogen) atoms. The number of halogens is 1. The van der Waals surface area contributed by atoms with Crippen molar-refractivity contribution in [3.8, 4) is 0 Å². The number of anilines is 1. The van der Waals surface area contributed by atoms with E-state index in [2.05, 4.69) is 17.4 Å². The van der Waals surface area contributed by atoms with Crippen LogP contribution in [0.2, 0.25) is 5.02 Å². The SMILES string of the molecule is Cc1ccccc1NC(=O)Cn1c2c(sc1=O)[C@@H](c1ccc(Cl)cc1)[C@H]1[C@H]3CC[C@@H](C3)[C@H]1S2. The van der Waals surface area contributed by atoms with Gasteiger partial charge in [0.05, 0.1) is 5.03 Å². The van der Waals surface area contributed by atoms with Gasteiger partial charge in [0.15, 0.2) is 0 Å². The van der Waals surface area contributed by atoms with Crippen LogP contribution >= 0.6 is 34.7 Å². The second kappa shape index (κ2) is 8.33. The van der Waals surface area contributed by atoms with E-state index in [-0.39, 0.29) is 23.2 Å². The molecule has 7 heteroatoms. The lowest BCUT2D eigenvalue weighted by molar-refractivity contribution is -0.116. The Balaban J connectivity index is 1.37. The number of fused-ring (bicyclic) bond motifs is 6. The van der Waals surface area contributed by atoms with Crippen LogP contribution in [0.5, 0.6) is 0 Å². The summed E-state index contributed by atoms with van der Waals surface area (Å²) in [5.41, 5.74) is 3.04. The Labute approximate surface area is 206 Å². The van der Waals surface area contributed by atoms with Crippen molar-refractivity contribution in [1.82, 2.24) is 4.57 Å². The first-order valence-electron chi connectivity index (χ1n) is 11.5. The average Bonchev–Trinajstić information content (AvgIpc) is 3.49. The van der Waals surface area contributed by atoms with Gasteiger partial charge in [-0.2, -0.15) is 0 Å². The summed E-state index contributed by atoms with van der Waals surface area (Å²) in [6, 6.07) is 15.9. The van der Waals surface area contributed by atoms with Gasteiger partial charge in [-0.1, -0.05) is 53.3 Å². The molecule has 5 atom stereocenters. The molecule has 1 aliphatic heterocycles. The van der Waals surface area contributed by atoms with Crippen molar-refractivity contribution in [3.05, 3.63) is 79.2 Å². The Morgan fingerprint density at radius 3 is 2.67 bits per heavy atom. The molecule has 2 aromatic carbocycles. The normalized spacial score (nSPS) is 27.3. The van der Waals surface area contributed by atoms with Crippen LogP contribution in [0.3, 0.4) is 0 Å². The summed E-state index contributed by atoms with van der Waals surface area (Å²) >= 11 is 9.37. The van der Waals surface area contributed by atoms with Crippen LogP contribution in [0.4, 0.5) is 5.69 Å². The van der Waals surface area contributed by atoms with Crippen molar-refractivity contribution in [2.75, 3.05) is 5.32 Å². The number of rotatable bonds is 4. The van der Waals surface area contributed by atoms with E-state index in [0.717, 1.165) is 32.1 Å². The van der Waals surface area contributed by atoms with Crippen LogP contribution in [0.1, 0.15) is 41.2 Å². The van der Waals surface area contributed by atoms with E-state index in [1.165, 1.54) is 36.2 Å². The van der Waals surface area contributed by atoms with Crippen LogP contribution in [0.25, 0.3) is 0 Å². The molecule has 2 aliphatic carbocycles. The zero-order valence-corrected chi connectivity index (χ0v) is 20.7. The van der Waals surface area contributed by atoms with Gasteiger partial charge in [0.2, 0.25) is 5.91 Å². The summed E-state index contributed by atoms with van der Waals surface area (Å²) in [6.07, 6.45) is 3.86. The van der Waals surface area contributed by atoms with E-state index in [1.807, 2.05) is 55.1 Å². The lowest BCUT2D eigenvalue weighted by atomic mass is 9.75. The molecule has 0 spiro atoms. The predicted octanol–water partition coefficient (Wildman–Crippen LogP) is 6.16.